The van der Waals surface area contributed by atoms with Gasteiger partial charge in [0.2, 0.25) is 5.91 Å². The molecule has 0 saturated carbocycles. The van der Waals surface area contributed by atoms with Crippen molar-refractivity contribution in [2.24, 2.45) is 5.92 Å². The molecule has 0 radical (unpaired) electrons. The van der Waals surface area contributed by atoms with Crippen LogP contribution in [0.25, 0.3) is 0 Å². The highest BCUT2D eigenvalue weighted by Crippen LogP contribution is 2.26. The first-order chi connectivity index (χ1) is 11.3. The summed E-state index contributed by atoms with van der Waals surface area (Å²) in [5.74, 6) is 0.279. The molecule has 2 atom stereocenters. The smallest absolute Gasteiger partial charge is 0.219 e. The number of piperidine rings is 1. The number of halogens is 1. The van der Waals surface area contributed by atoms with Crippen LogP contribution < -0.4 is 5.32 Å². The van der Waals surface area contributed by atoms with E-state index in [0.29, 0.717) is 18.0 Å². The van der Waals surface area contributed by atoms with Gasteiger partial charge in [0.25, 0.3) is 0 Å². The second kappa shape index (κ2) is 8.08. The number of hydrogen-bond donors (Lipinski definition) is 2. The van der Waals surface area contributed by atoms with Crippen LogP contribution in [0.5, 0.6) is 0 Å². The molecule has 0 aromatic heterocycles. The summed E-state index contributed by atoms with van der Waals surface area (Å²) >= 11 is 0. The van der Waals surface area contributed by atoms with E-state index in [1.807, 2.05) is 4.90 Å². The van der Waals surface area contributed by atoms with Crippen LogP contribution >= 0.6 is 0 Å². The van der Waals surface area contributed by atoms with Crippen LogP contribution in [-0.4, -0.2) is 41.1 Å². The van der Waals surface area contributed by atoms with E-state index in [4.69, 9.17) is 0 Å². The first-order valence-electron chi connectivity index (χ1n) is 8.71. The van der Waals surface area contributed by atoms with Gasteiger partial charge in [-0.3, -0.25) is 4.79 Å². The number of carbonyl (C=O) groups is 1. The van der Waals surface area contributed by atoms with Gasteiger partial charge in [0.15, 0.2) is 0 Å². The van der Waals surface area contributed by atoms with Gasteiger partial charge in [0.1, 0.15) is 5.82 Å². The molecular weight excluding hydrogens is 307 g/mol. The molecule has 1 amide bonds. The predicted molar refractivity (Wildman–Crippen MR) is 93.0 cm³/mol. The summed E-state index contributed by atoms with van der Waals surface area (Å²) in [5, 5.41) is 13.6. The lowest BCUT2D eigenvalue weighted by Gasteiger charge is -2.37. The van der Waals surface area contributed by atoms with Crippen molar-refractivity contribution in [1.29, 1.82) is 0 Å². The maximum Gasteiger partial charge on any atom is 0.219 e. The number of aliphatic hydroxyl groups excluding tert-OH is 1. The molecule has 1 aliphatic heterocycles. The number of hydrogen-bond acceptors (Lipinski definition) is 3. The molecule has 1 aliphatic rings. The number of nitrogens with zero attached hydrogens (tertiary/aromatic N) is 1. The molecule has 0 aliphatic carbocycles. The molecule has 0 spiro atoms. The predicted octanol–water partition coefficient (Wildman–Crippen LogP) is 2.88. The molecule has 1 heterocycles. The Morgan fingerprint density at radius 1 is 1.50 bits per heavy atom. The van der Waals surface area contributed by atoms with E-state index in [2.05, 4.69) is 19.2 Å². The van der Waals surface area contributed by atoms with Gasteiger partial charge in [-0.25, -0.2) is 4.39 Å². The first-order valence-corrected chi connectivity index (χ1v) is 8.71. The standard InChI is InChI=1S/C19H29FN2O2/c1-14(23)22-9-5-6-15(13-22)11-19(2,3)21-12-18(24)16-7-4-8-17(20)10-16/h4,7-8,10,15,18,21,24H,5-6,9,11-13H2,1-3H3/t15-,18+/m1/s1. The normalized spacial score (nSPS) is 20.0. The van der Waals surface area contributed by atoms with Crippen molar-refractivity contribution in [3.63, 3.8) is 0 Å². The molecule has 1 saturated heterocycles. The number of rotatable bonds is 6. The molecule has 5 heteroatoms. The average Bonchev–Trinajstić information content (AvgIpc) is 2.52. The van der Waals surface area contributed by atoms with Gasteiger partial charge in [-0.1, -0.05) is 12.1 Å². The van der Waals surface area contributed by atoms with Crippen LogP contribution in [0.1, 0.15) is 51.7 Å². The average molecular weight is 336 g/mol. The Kier molecular flexibility index (Phi) is 6.35. The third-order valence-corrected chi connectivity index (χ3v) is 4.77. The molecule has 24 heavy (non-hydrogen) atoms. The van der Waals surface area contributed by atoms with Crippen molar-refractivity contribution < 1.29 is 14.3 Å². The lowest BCUT2D eigenvalue weighted by Crippen LogP contribution is -2.46. The molecular formula is C19H29FN2O2. The summed E-state index contributed by atoms with van der Waals surface area (Å²) in [6.07, 6.45) is 2.38. The summed E-state index contributed by atoms with van der Waals surface area (Å²) in [6, 6.07) is 6.08. The van der Waals surface area contributed by atoms with Gasteiger partial charge < -0.3 is 15.3 Å². The number of amides is 1. The Labute approximate surface area is 144 Å². The molecule has 1 aromatic carbocycles. The number of nitrogens with one attached hydrogen (secondary N) is 1. The van der Waals surface area contributed by atoms with E-state index in [0.717, 1.165) is 32.4 Å². The second-order valence-corrected chi connectivity index (χ2v) is 7.51. The maximum absolute atomic E-state index is 13.2. The van der Waals surface area contributed by atoms with Crippen molar-refractivity contribution in [1.82, 2.24) is 10.2 Å². The van der Waals surface area contributed by atoms with Gasteiger partial charge in [-0.2, -0.15) is 0 Å². The Balaban J connectivity index is 1.85. The summed E-state index contributed by atoms with van der Waals surface area (Å²) in [4.78, 5) is 13.5. The van der Waals surface area contributed by atoms with Gasteiger partial charge in [-0.05, 0) is 56.7 Å². The summed E-state index contributed by atoms with van der Waals surface area (Å²) in [7, 11) is 0. The number of β-amino-alcohol motifs (C(OH)–C–C–N with tert-alkyl or cyclic N) is 1. The fraction of sp³-hybridized carbons (Fsp3) is 0.632. The lowest BCUT2D eigenvalue weighted by molar-refractivity contribution is -0.130. The zero-order valence-corrected chi connectivity index (χ0v) is 14.9. The van der Waals surface area contributed by atoms with Gasteiger partial charge in [0, 0.05) is 32.1 Å². The third kappa shape index (κ3) is 5.56. The van der Waals surface area contributed by atoms with Crippen LogP contribution in [0.4, 0.5) is 4.39 Å². The fourth-order valence-corrected chi connectivity index (χ4v) is 3.52. The van der Waals surface area contributed by atoms with Crippen LogP contribution in [0.15, 0.2) is 24.3 Å². The van der Waals surface area contributed by atoms with Crippen LogP contribution in [0.2, 0.25) is 0 Å². The molecule has 0 bridgehead atoms. The second-order valence-electron chi connectivity index (χ2n) is 7.51. The molecule has 1 fully saturated rings. The number of aliphatic hydroxyl groups is 1. The Bertz CT molecular complexity index is 562. The Morgan fingerprint density at radius 2 is 2.25 bits per heavy atom. The van der Waals surface area contributed by atoms with E-state index in [1.165, 1.54) is 12.1 Å². The fourth-order valence-electron chi connectivity index (χ4n) is 3.52. The zero-order valence-electron chi connectivity index (χ0n) is 14.9. The third-order valence-electron chi connectivity index (χ3n) is 4.77. The minimum absolute atomic E-state index is 0.145. The molecule has 0 unspecified atom stereocenters. The largest absolute Gasteiger partial charge is 0.387 e. The highest BCUT2D eigenvalue weighted by atomic mass is 19.1. The van der Waals surface area contributed by atoms with Crippen LogP contribution in [0, 0.1) is 11.7 Å². The van der Waals surface area contributed by atoms with E-state index >= 15 is 0 Å². The van der Waals surface area contributed by atoms with Gasteiger partial charge in [-0.15, -0.1) is 0 Å². The Hall–Kier alpha value is -1.46. The zero-order chi connectivity index (χ0) is 17.7. The maximum atomic E-state index is 13.2. The van der Waals surface area contributed by atoms with E-state index < -0.39 is 6.10 Å². The topological polar surface area (TPSA) is 52.6 Å². The van der Waals surface area contributed by atoms with Crippen molar-refractivity contribution >= 4 is 5.91 Å². The Morgan fingerprint density at radius 3 is 2.92 bits per heavy atom. The molecule has 2 N–H and O–H groups in total. The quantitative estimate of drug-likeness (QED) is 0.840. The SMILES string of the molecule is CC(=O)N1CCC[C@H](CC(C)(C)NC[C@H](O)c2cccc(F)c2)C1. The van der Waals surface area contributed by atoms with Crippen molar-refractivity contribution in [3.8, 4) is 0 Å². The minimum Gasteiger partial charge on any atom is -0.387 e. The van der Waals surface area contributed by atoms with Crippen molar-refractivity contribution in [3.05, 3.63) is 35.6 Å². The van der Waals surface area contributed by atoms with Gasteiger partial charge in [0.05, 0.1) is 6.10 Å². The summed E-state index contributed by atoms with van der Waals surface area (Å²) in [5.41, 5.74) is 0.428. The number of likely N-dealkylation sites (tertiary alicyclic amines) is 1. The van der Waals surface area contributed by atoms with E-state index in [9.17, 15) is 14.3 Å². The number of benzene rings is 1. The van der Waals surface area contributed by atoms with Crippen LogP contribution in [0.3, 0.4) is 0 Å². The highest BCUT2D eigenvalue weighted by molar-refractivity contribution is 5.73. The first kappa shape index (κ1) is 18.9. The monoisotopic (exact) mass is 336 g/mol. The van der Waals surface area contributed by atoms with Crippen molar-refractivity contribution in [2.45, 2.75) is 51.7 Å². The van der Waals surface area contributed by atoms with E-state index in [1.54, 1.807) is 19.1 Å². The van der Waals surface area contributed by atoms with Gasteiger partial charge >= 0.3 is 0 Å². The molecule has 134 valence electrons. The van der Waals surface area contributed by atoms with Crippen molar-refractivity contribution in [2.75, 3.05) is 19.6 Å². The molecule has 4 nitrogen and oxygen atoms in total. The summed E-state index contributed by atoms with van der Waals surface area (Å²) in [6.45, 7) is 7.89. The summed E-state index contributed by atoms with van der Waals surface area (Å²) < 4.78 is 13.2. The lowest BCUT2D eigenvalue weighted by atomic mass is 9.85. The highest BCUT2D eigenvalue weighted by Gasteiger charge is 2.28. The minimum atomic E-state index is -0.736. The molecule has 1 aromatic rings. The van der Waals surface area contributed by atoms with E-state index in [-0.39, 0.29) is 17.3 Å². The molecule has 2 rings (SSSR count). The number of carbonyl (C=O) groups excluding carboxylic acids is 1. The van der Waals surface area contributed by atoms with Crippen LogP contribution in [-0.2, 0) is 4.79 Å².